The minimum atomic E-state index is -4.52. The quantitative estimate of drug-likeness (QED) is 0.212. The molecule has 0 aliphatic rings. The molecule has 0 amide bonds. The molecule has 0 bridgehead atoms. The molecule has 0 fully saturated rings. The Kier molecular flexibility index (Phi) is 6.43. The Morgan fingerprint density at radius 3 is 1.11 bits per heavy atom. The lowest BCUT2D eigenvalue weighted by Gasteiger charge is -2.11. The summed E-state index contributed by atoms with van der Waals surface area (Å²) in [4.78, 5) is 0. The zero-order chi connectivity index (χ0) is 26.3. The van der Waals surface area contributed by atoms with Crippen LogP contribution in [-0.2, 0) is 12.4 Å². The number of benzene rings is 4. The van der Waals surface area contributed by atoms with Gasteiger partial charge in [0.05, 0.1) is 16.8 Å². The first kappa shape index (κ1) is 25.1. The molecule has 0 aliphatic heterocycles. The Hall–Kier alpha value is -4.01. The SMILES string of the molecule is N=C(c1ccc(-c2ccc(C(F)(F)F)cc2)c(F)c1)c1ccc(-c2ccc(C(F)(F)F)cc2)c(F)c1. The van der Waals surface area contributed by atoms with Crippen LogP contribution in [-0.4, -0.2) is 5.71 Å². The summed E-state index contributed by atoms with van der Waals surface area (Å²) in [5.74, 6) is -1.56. The normalized spacial score (nSPS) is 12.0. The molecule has 36 heavy (non-hydrogen) atoms. The summed E-state index contributed by atoms with van der Waals surface area (Å²) in [6, 6.07) is 15.4. The topological polar surface area (TPSA) is 23.9 Å². The summed E-state index contributed by atoms with van der Waals surface area (Å²) >= 11 is 0. The zero-order valence-electron chi connectivity index (χ0n) is 18.1. The molecule has 0 aromatic heterocycles. The van der Waals surface area contributed by atoms with Crippen LogP contribution in [0.4, 0.5) is 35.1 Å². The van der Waals surface area contributed by atoms with E-state index in [0.29, 0.717) is 0 Å². The van der Waals surface area contributed by atoms with Gasteiger partial charge in [0.25, 0.3) is 0 Å². The fourth-order valence-electron chi connectivity index (χ4n) is 3.65. The van der Waals surface area contributed by atoms with Crippen molar-refractivity contribution in [3.63, 3.8) is 0 Å². The lowest BCUT2D eigenvalue weighted by Crippen LogP contribution is -2.05. The van der Waals surface area contributed by atoms with Gasteiger partial charge in [-0.3, -0.25) is 5.41 Å². The van der Waals surface area contributed by atoms with Gasteiger partial charge in [-0.2, -0.15) is 26.3 Å². The summed E-state index contributed by atoms with van der Waals surface area (Å²) in [6.07, 6.45) is -9.04. The van der Waals surface area contributed by atoms with E-state index in [1.165, 1.54) is 24.3 Å². The van der Waals surface area contributed by atoms with Gasteiger partial charge >= 0.3 is 12.4 Å². The van der Waals surface area contributed by atoms with Gasteiger partial charge < -0.3 is 0 Å². The molecule has 1 N–H and O–H groups in total. The monoisotopic (exact) mass is 505 g/mol. The molecule has 1 nitrogen and oxygen atoms in total. The largest absolute Gasteiger partial charge is 0.416 e. The molecule has 4 rings (SSSR count). The van der Waals surface area contributed by atoms with E-state index in [-0.39, 0.29) is 39.1 Å². The molecule has 4 aromatic carbocycles. The average Bonchev–Trinajstić information content (AvgIpc) is 2.82. The van der Waals surface area contributed by atoms with E-state index in [2.05, 4.69) is 0 Å². The van der Waals surface area contributed by atoms with E-state index in [4.69, 9.17) is 5.41 Å². The van der Waals surface area contributed by atoms with Crippen LogP contribution in [0.1, 0.15) is 22.3 Å². The summed E-state index contributed by atoms with van der Waals surface area (Å²) in [5, 5.41) is 8.32. The highest BCUT2D eigenvalue weighted by atomic mass is 19.4. The molecule has 0 spiro atoms. The molecule has 0 saturated heterocycles. The van der Waals surface area contributed by atoms with E-state index in [0.717, 1.165) is 60.7 Å². The fraction of sp³-hybridized carbons (Fsp3) is 0.0741. The van der Waals surface area contributed by atoms with Crippen LogP contribution < -0.4 is 0 Å². The molecule has 0 aliphatic carbocycles. The second-order valence-electron chi connectivity index (χ2n) is 7.91. The Balaban J connectivity index is 1.57. The van der Waals surface area contributed by atoms with Gasteiger partial charge in [-0.25, -0.2) is 8.78 Å². The molecule has 0 saturated carbocycles. The van der Waals surface area contributed by atoms with Crippen LogP contribution in [0.2, 0.25) is 0 Å². The first-order chi connectivity index (χ1) is 16.8. The Morgan fingerprint density at radius 2 is 0.833 bits per heavy atom. The van der Waals surface area contributed by atoms with Crippen LogP contribution in [0.3, 0.4) is 0 Å². The summed E-state index contributed by atoms with van der Waals surface area (Å²) in [6.45, 7) is 0. The second-order valence-corrected chi connectivity index (χ2v) is 7.91. The summed E-state index contributed by atoms with van der Waals surface area (Å²) in [7, 11) is 0. The Morgan fingerprint density at radius 1 is 0.500 bits per heavy atom. The van der Waals surface area contributed by atoms with Gasteiger partial charge in [-0.1, -0.05) is 48.5 Å². The van der Waals surface area contributed by atoms with Crippen LogP contribution in [0.15, 0.2) is 84.9 Å². The number of alkyl halides is 6. The van der Waals surface area contributed by atoms with Crippen LogP contribution >= 0.6 is 0 Å². The highest BCUT2D eigenvalue weighted by Crippen LogP contribution is 2.33. The number of hydrogen-bond acceptors (Lipinski definition) is 1. The molecular formula is C27H15F8N. The molecule has 0 heterocycles. The smallest absolute Gasteiger partial charge is 0.300 e. The number of halogens is 8. The van der Waals surface area contributed by atoms with Gasteiger partial charge in [0.1, 0.15) is 11.6 Å². The Bertz CT molecular complexity index is 1310. The highest BCUT2D eigenvalue weighted by molar-refractivity contribution is 6.11. The van der Waals surface area contributed by atoms with Gasteiger partial charge in [0, 0.05) is 22.3 Å². The van der Waals surface area contributed by atoms with Crippen molar-refractivity contribution in [2.75, 3.05) is 0 Å². The van der Waals surface area contributed by atoms with Gasteiger partial charge in [0.15, 0.2) is 0 Å². The second kappa shape index (κ2) is 9.22. The van der Waals surface area contributed by atoms with E-state index >= 15 is 0 Å². The maximum absolute atomic E-state index is 14.8. The molecule has 0 radical (unpaired) electrons. The van der Waals surface area contributed by atoms with E-state index < -0.39 is 35.1 Å². The van der Waals surface area contributed by atoms with Crippen molar-refractivity contribution in [3.05, 3.63) is 119 Å². The van der Waals surface area contributed by atoms with Crippen molar-refractivity contribution >= 4 is 5.71 Å². The van der Waals surface area contributed by atoms with Crippen LogP contribution in [0.25, 0.3) is 22.3 Å². The summed E-state index contributed by atoms with van der Waals surface area (Å²) < 4.78 is 106. The van der Waals surface area contributed by atoms with Gasteiger partial charge in [-0.05, 0) is 47.5 Å². The standard InChI is InChI=1S/C27H15F8N/c28-23-13-17(5-11-21(23)15-1-7-19(8-2-15)26(30,31)32)25(36)18-6-12-22(24(29)14-18)16-3-9-20(10-4-16)27(33,34)35/h1-14,36H. The number of hydrogen-bond donors (Lipinski definition) is 1. The minimum Gasteiger partial charge on any atom is -0.300 e. The van der Waals surface area contributed by atoms with Crippen LogP contribution in [0.5, 0.6) is 0 Å². The first-order valence-corrected chi connectivity index (χ1v) is 10.4. The third-order valence-electron chi connectivity index (χ3n) is 5.56. The minimum absolute atomic E-state index is 0.0316. The predicted octanol–water partition coefficient (Wildman–Crippen LogP) is 8.75. The maximum atomic E-state index is 14.8. The molecule has 0 atom stereocenters. The van der Waals surface area contributed by atoms with Crippen molar-refractivity contribution in [2.24, 2.45) is 0 Å². The lowest BCUT2D eigenvalue weighted by molar-refractivity contribution is -0.138. The van der Waals surface area contributed by atoms with Gasteiger partial charge in [-0.15, -0.1) is 0 Å². The van der Waals surface area contributed by atoms with Crippen molar-refractivity contribution in [2.45, 2.75) is 12.4 Å². The van der Waals surface area contributed by atoms with Gasteiger partial charge in [0.2, 0.25) is 0 Å². The Labute approximate surface area is 200 Å². The third kappa shape index (κ3) is 5.15. The number of rotatable bonds is 4. The average molecular weight is 505 g/mol. The highest BCUT2D eigenvalue weighted by Gasteiger charge is 2.31. The third-order valence-corrected chi connectivity index (χ3v) is 5.56. The summed E-state index contributed by atoms with van der Waals surface area (Å²) in [5.41, 5.74) is -1.26. The molecule has 184 valence electrons. The fourth-order valence-corrected chi connectivity index (χ4v) is 3.65. The van der Waals surface area contributed by atoms with E-state index in [1.807, 2.05) is 0 Å². The van der Waals surface area contributed by atoms with Crippen molar-refractivity contribution in [3.8, 4) is 22.3 Å². The molecule has 0 unspecified atom stereocenters. The van der Waals surface area contributed by atoms with Crippen molar-refractivity contribution in [1.29, 1.82) is 5.41 Å². The van der Waals surface area contributed by atoms with E-state index in [1.54, 1.807) is 0 Å². The number of nitrogens with one attached hydrogen (secondary N) is 1. The lowest BCUT2D eigenvalue weighted by atomic mass is 9.95. The zero-order valence-corrected chi connectivity index (χ0v) is 18.1. The van der Waals surface area contributed by atoms with Crippen molar-refractivity contribution < 1.29 is 35.1 Å². The molecular weight excluding hydrogens is 490 g/mol. The predicted molar refractivity (Wildman–Crippen MR) is 120 cm³/mol. The van der Waals surface area contributed by atoms with Crippen LogP contribution in [0, 0.1) is 17.0 Å². The maximum Gasteiger partial charge on any atom is 0.416 e. The molecule has 4 aromatic rings. The molecule has 9 heteroatoms. The first-order valence-electron chi connectivity index (χ1n) is 10.4. The van der Waals surface area contributed by atoms with Crippen molar-refractivity contribution in [1.82, 2.24) is 0 Å². The van der Waals surface area contributed by atoms with E-state index in [9.17, 15) is 35.1 Å².